The molecule has 2 unspecified atom stereocenters. The number of nitrogens with zero attached hydrogens (tertiary/aromatic N) is 4. The molecule has 0 spiro atoms. The molecular formula is C65H93N9O10S2. The third-order valence-electron chi connectivity index (χ3n) is 16.1. The lowest BCUT2D eigenvalue weighted by atomic mass is 9.92. The summed E-state index contributed by atoms with van der Waals surface area (Å²) in [5.41, 5.74) is 7.16. The molecule has 2 aromatic rings. The number of anilines is 1. The van der Waals surface area contributed by atoms with E-state index in [9.17, 15) is 43.5 Å². The highest BCUT2D eigenvalue weighted by molar-refractivity contribution is 8.04. The Morgan fingerprint density at radius 3 is 2.23 bits per heavy atom. The Labute approximate surface area is 517 Å². The standard InChI is InChI=1S/C65H93N9O10S2/c1-9-44(4)58(71-61(79)52-29-22-25-36-72(52)6)64(81)73(7)53(43(2)3)40-54(84-8)62-70-51(42-85-62)60(78)68-48(38-45(5)65(82)83)39-46-31-33-47(34-32-46)67-59(77)50(28-21-23-35-66)69-56(75)30-20-17-24-37-74-57(76)41-55(63(74)80)86-49-26-18-15-13-11-10-12-14-16-19-27-49/h10-16,18-19,26-27,31-34,42-45,48,50,52-55,58H,9,17,20-25,28-30,35-41,66H2,1-8H3,(H,67,77)(H,68,78)(H,69,75)(H,71,79)(H,82,83)/b11-10-,12-10?,13-11?,14-12-,15-13-,16-14?,18-15?,19-16-,26-18?,27-19?,49-26?,49-27?/t44-,45?,48+,50-,52+,53+,54+,55?,58-/m0/s1. The van der Waals surface area contributed by atoms with E-state index in [0.717, 1.165) is 36.3 Å². The van der Waals surface area contributed by atoms with Crippen molar-refractivity contribution in [1.29, 1.82) is 0 Å². The maximum atomic E-state index is 14.3. The second kappa shape index (κ2) is 36.6. The summed E-state index contributed by atoms with van der Waals surface area (Å²) in [5.74, 6) is -3.82. The average Bonchev–Trinajstić information content (AvgIpc) is 2.32. The number of allylic oxidation sites excluding steroid dienone is 11. The van der Waals surface area contributed by atoms with Crippen LogP contribution in [0.4, 0.5) is 5.69 Å². The molecule has 7 amide bonds. The number of unbranched alkanes of at least 4 members (excludes halogenated alkanes) is 3. The highest BCUT2D eigenvalue weighted by atomic mass is 32.2. The van der Waals surface area contributed by atoms with Crippen LogP contribution < -0.4 is 27.0 Å². The van der Waals surface area contributed by atoms with Crippen LogP contribution in [0.15, 0.2) is 101 Å². The van der Waals surface area contributed by atoms with Crippen molar-refractivity contribution in [3.8, 4) is 0 Å². The normalized spacial score (nSPS) is 20.4. The first kappa shape index (κ1) is 70.2. The van der Waals surface area contributed by atoms with Crippen molar-refractivity contribution in [3.63, 3.8) is 0 Å². The van der Waals surface area contributed by atoms with E-state index < -0.39 is 53.2 Å². The predicted octanol–water partition coefficient (Wildman–Crippen LogP) is 8.82. The Bertz CT molecular complexity index is 2770. The van der Waals surface area contributed by atoms with E-state index in [1.165, 1.54) is 28.0 Å². The number of carbonyl (C=O) groups is 8. The number of likely N-dealkylation sites (tertiary alicyclic amines) is 2. The molecular weight excluding hydrogens is 1130 g/mol. The molecule has 1 aromatic heterocycles. The monoisotopic (exact) mass is 1220 g/mol. The molecule has 2 saturated heterocycles. The number of carbonyl (C=O) groups excluding carboxylic acids is 7. The number of aromatic nitrogens is 1. The highest BCUT2D eigenvalue weighted by Crippen LogP contribution is 2.33. The summed E-state index contributed by atoms with van der Waals surface area (Å²) < 4.78 is 5.98. The van der Waals surface area contributed by atoms with Gasteiger partial charge in [-0.25, -0.2) is 4.98 Å². The van der Waals surface area contributed by atoms with Gasteiger partial charge in [0.25, 0.3) is 5.91 Å². The number of hydrogen-bond acceptors (Lipinski definition) is 14. The maximum Gasteiger partial charge on any atom is 0.306 e. The summed E-state index contributed by atoms with van der Waals surface area (Å²) >= 11 is 2.63. The number of benzene rings is 1. The van der Waals surface area contributed by atoms with Crippen LogP contribution in [0.5, 0.6) is 0 Å². The molecule has 2 aliphatic heterocycles. The van der Waals surface area contributed by atoms with Gasteiger partial charge in [0.1, 0.15) is 28.9 Å². The van der Waals surface area contributed by atoms with Crippen molar-refractivity contribution in [3.05, 3.63) is 118 Å². The third-order valence-corrected chi connectivity index (χ3v) is 18.2. The first-order valence-corrected chi connectivity index (χ1v) is 32.2. The van der Waals surface area contributed by atoms with E-state index in [4.69, 9.17) is 15.5 Å². The number of rotatable bonds is 33. The fourth-order valence-corrected chi connectivity index (χ4v) is 12.6. The molecule has 5 rings (SSSR count). The summed E-state index contributed by atoms with van der Waals surface area (Å²) in [5, 5.41) is 23.5. The molecule has 1 aromatic carbocycles. The number of aliphatic carboxylic acids is 1. The lowest BCUT2D eigenvalue weighted by Crippen LogP contribution is -2.58. The molecule has 470 valence electrons. The quantitative estimate of drug-likeness (QED) is 0.0288. The van der Waals surface area contributed by atoms with Gasteiger partial charge in [0, 0.05) is 68.0 Å². The number of thioether (sulfide) groups is 1. The molecule has 86 heavy (non-hydrogen) atoms. The van der Waals surface area contributed by atoms with Crippen LogP contribution in [-0.4, -0.2) is 148 Å². The summed E-state index contributed by atoms with van der Waals surface area (Å²) in [6.07, 6.45) is 28.2. The van der Waals surface area contributed by atoms with Crippen molar-refractivity contribution in [2.45, 2.75) is 172 Å². The fraction of sp³-hybridized carbons (Fsp3) is 0.554. The maximum absolute atomic E-state index is 14.3. The smallest absolute Gasteiger partial charge is 0.306 e. The number of imide groups is 1. The van der Waals surface area contributed by atoms with Crippen LogP contribution >= 0.6 is 23.1 Å². The van der Waals surface area contributed by atoms with Gasteiger partial charge in [0.05, 0.1) is 17.2 Å². The number of carboxylic acids is 1. The molecule has 0 bridgehead atoms. The number of hydrogen-bond donors (Lipinski definition) is 6. The van der Waals surface area contributed by atoms with Gasteiger partial charge in [-0.3, -0.25) is 48.2 Å². The molecule has 7 N–H and O–H groups in total. The van der Waals surface area contributed by atoms with Crippen LogP contribution in [0.3, 0.4) is 0 Å². The van der Waals surface area contributed by atoms with Crippen LogP contribution in [-0.2, 0) is 44.7 Å². The van der Waals surface area contributed by atoms with Gasteiger partial charge in [-0.05, 0) is 120 Å². The first-order valence-electron chi connectivity index (χ1n) is 30.5. The third kappa shape index (κ3) is 22.3. The van der Waals surface area contributed by atoms with Crippen molar-refractivity contribution >= 4 is 76.1 Å². The number of piperidine rings is 1. The van der Waals surface area contributed by atoms with Gasteiger partial charge in [0.15, 0.2) is 0 Å². The second-order valence-electron chi connectivity index (χ2n) is 23.1. The van der Waals surface area contributed by atoms with Crippen molar-refractivity contribution in [2.75, 3.05) is 46.2 Å². The van der Waals surface area contributed by atoms with Gasteiger partial charge < -0.3 is 41.7 Å². The summed E-state index contributed by atoms with van der Waals surface area (Å²) in [6.45, 7) is 11.2. The second-order valence-corrected chi connectivity index (χ2v) is 25.2. The first-order chi connectivity index (χ1) is 41.2. The van der Waals surface area contributed by atoms with Gasteiger partial charge in [-0.2, -0.15) is 0 Å². The van der Waals surface area contributed by atoms with E-state index >= 15 is 0 Å². The van der Waals surface area contributed by atoms with Crippen LogP contribution in [0, 0.1) is 17.8 Å². The van der Waals surface area contributed by atoms with Gasteiger partial charge in [0.2, 0.25) is 35.4 Å². The number of nitrogens with one attached hydrogen (secondary N) is 4. The molecule has 21 heteroatoms. The number of amides is 7. The Kier molecular flexibility index (Phi) is 29.9. The van der Waals surface area contributed by atoms with E-state index in [1.54, 1.807) is 55.6 Å². The zero-order chi connectivity index (χ0) is 62.7. The predicted molar refractivity (Wildman–Crippen MR) is 341 cm³/mol. The number of methoxy groups -OCH3 is 1. The molecule has 0 saturated carbocycles. The number of thiazole rings is 1. The number of likely N-dealkylation sites (N-methyl/N-ethyl adjacent to an activating group) is 2. The Morgan fingerprint density at radius 1 is 0.884 bits per heavy atom. The molecule has 3 aliphatic rings. The van der Waals surface area contributed by atoms with Gasteiger partial charge in [-0.15, -0.1) is 23.1 Å². The topological polar surface area (TPSA) is 263 Å². The largest absolute Gasteiger partial charge is 0.481 e. The van der Waals surface area contributed by atoms with Crippen molar-refractivity contribution in [1.82, 2.24) is 35.6 Å². The summed E-state index contributed by atoms with van der Waals surface area (Å²) in [7, 11) is 5.28. The Balaban J connectivity index is 1.14. The van der Waals surface area contributed by atoms with E-state index in [0.29, 0.717) is 68.6 Å². The molecule has 3 heterocycles. The molecule has 0 radical (unpaired) electrons. The van der Waals surface area contributed by atoms with Gasteiger partial charge >= 0.3 is 5.97 Å². The molecule has 19 nitrogen and oxygen atoms in total. The number of carboxylic acid groups (broad SMARTS) is 1. The van der Waals surface area contributed by atoms with Crippen molar-refractivity contribution < 1.29 is 48.2 Å². The van der Waals surface area contributed by atoms with Crippen LogP contribution in [0.25, 0.3) is 0 Å². The molecule has 2 fully saturated rings. The average molecular weight is 1220 g/mol. The van der Waals surface area contributed by atoms with Gasteiger partial charge in [-0.1, -0.05) is 121 Å². The Morgan fingerprint density at radius 2 is 1.58 bits per heavy atom. The SMILES string of the molecule is CC[C@H](C)[C@H](NC(=O)[C@H]1CCCCN1C)C(=O)N(C)[C@H](C[C@@H](OC)c1nc(C(=O)N[C@@H](Cc2ccc(NC(=O)[C@H](CCCCN)NC(=O)CCCCCN3C(=O)CC(SC4=C\C=C/C=C\C=C/C=C\C=C4)C3=O)cc2)CC(C)C(=O)O)cs1)C(C)C. The zero-order valence-electron chi connectivity index (χ0n) is 51.5. The number of ether oxygens (including phenoxy) is 1. The van der Waals surface area contributed by atoms with Crippen LogP contribution in [0.2, 0.25) is 0 Å². The summed E-state index contributed by atoms with van der Waals surface area (Å²) in [4.78, 5) is 118. The minimum atomic E-state index is -1.01. The molecule has 1 aliphatic carbocycles. The fourth-order valence-electron chi connectivity index (χ4n) is 10.7. The van der Waals surface area contributed by atoms with Crippen LogP contribution in [0.1, 0.15) is 152 Å². The minimum Gasteiger partial charge on any atom is -0.481 e. The highest BCUT2D eigenvalue weighted by Gasteiger charge is 2.40. The van der Waals surface area contributed by atoms with E-state index in [2.05, 4.69) is 26.2 Å². The minimum absolute atomic E-state index is 0.000282. The zero-order valence-corrected chi connectivity index (χ0v) is 53.2. The summed E-state index contributed by atoms with van der Waals surface area (Å²) in [6, 6.07) is 4.27. The molecule has 9 atom stereocenters. The Hall–Kier alpha value is -6.52. The van der Waals surface area contributed by atoms with E-state index in [-0.39, 0.29) is 91.4 Å². The lowest BCUT2D eigenvalue weighted by molar-refractivity contribution is -0.142. The van der Waals surface area contributed by atoms with E-state index in [1.807, 2.05) is 102 Å². The van der Waals surface area contributed by atoms with Crippen molar-refractivity contribution in [2.24, 2.45) is 23.5 Å². The number of nitrogens with two attached hydrogens (primary N) is 1. The lowest BCUT2D eigenvalue weighted by Gasteiger charge is -2.38.